The molecule has 1 heterocycles. The first kappa shape index (κ1) is 13.4. The summed E-state index contributed by atoms with van der Waals surface area (Å²) in [5.41, 5.74) is -1.81. The van der Waals surface area contributed by atoms with Crippen molar-refractivity contribution in [1.82, 2.24) is 4.90 Å². The zero-order valence-electron chi connectivity index (χ0n) is 9.75. The van der Waals surface area contributed by atoms with Crippen LogP contribution in [0.25, 0.3) is 0 Å². The van der Waals surface area contributed by atoms with E-state index in [1.165, 1.54) is 0 Å². The van der Waals surface area contributed by atoms with Crippen LogP contribution in [0.5, 0.6) is 0 Å². The molecule has 0 bridgehead atoms. The Morgan fingerprint density at radius 3 is 2.19 bits per heavy atom. The lowest BCUT2D eigenvalue weighted by atomic mass is 9.78. The van der Waals surface area contributed by atoms with Crippen molar-refractivity contribution < 1.29 is 18.7 Å². The normalized spacial score (nSPS) is 21.6. The van der Waals surface area contributed by atoms with E-state index in [0.29, 0.717) is 19.0 Å². The van der Waals surface area contributed by atoms with Gasteiger partial charge < -0.3 is 10.0 Å². The van der Waals surface area contributed by atoms with Crippen LogP contribution in [-0.2, 0) is 4.79 Å². The molecule has 0 unspecified atom stereocenters. The van der Waals surface area contributed by atoms with E-state index >= 15 is 0 Å². The van der Waals surface area contributed by atoms with Gasteiger partial charge in [-0.05, 0) is 31.8 Å². The van der Waals surface area contributed by atoms with E-state index in [1.54, 1.807) is 0 Å². The Bertz CT molecular complexity index is 248. The van der Waals surface area contributed by atoms with Gasteiger partial charge in [-0.3, -0.25) is 4.79 Å². The quantitative estimate of drug-likeness (QED) is 0.811. The van der Waals surface area contributed by atoms with E-state index in [-0.39, 0.29) is 12.8 Å². The molecule has 1 rings (SSSR count). The van der Waals surface area contributed by atoms with Gasteiger partial charge in [0, 0.05) is 6.54 Å². The average Bonchev–Trinajstić information content (AvgIpc) is 2.17. The molecule has 94 valence electrons. The van der Waals surface area contributed by atoms with Crippen LogP contribution in [0.4, 0.5) is 8.78 Å². The first-order valence-electron chi connectivity index (χ1n) is 5.62. The maximum Gasteiger partial charge on any atom is 0.315 e. The molecule has 1 aliphatic rings. The number of hydrogen-bond acceptors (Lipinski definition) is 2. The molecule has 0 amide bonds. The van der Waals surface area contributed by atoms with Crippen LogP contribution in [-0.4, -0.2) is 42.0 Å². The van der Waals surface area contributed by atoms with Gasteiger partial charge >= 0.3 is 5.97 Å². The van der Waals surface area contributed by atoms with Crippen LogP contribution in [0.3, 0.4) is 0 Å². The predicted octanol–water partition coefficient (Wildman–Crippen LogP) is 2.07. The predicted molar refractivity (Wildman–Crippen MR) is 56.6 cm³/mol. The summed E-state index contributed by atoms with van der Waals surface area (Å²) >= 11 is 0. The second-order valence-electron chi connectivity index (χ2n) is 4.96. The Morgan fingerprint density at radius 2 is 1.88 bits per heavy atom. The van der Waals surface area contributed by atoms with Crippen molar-refractivity contribution in [1.29, 1.82) is 0 Å². The number of alkyl halides is 2. The van der Waals surface area contributed by atoms with E-state index in [0.717, 1.165) is 6.54 Å². The first-order chi connectivity index (χ1) is 7.38. The largest absolute Gasteiger partial charge is 0.481 e. The monoisotopic (exact) mass is 235 g/mol. The molecule has 0 aromatic carbocycles. The van der Waals surface area contributed by atoms with Gasteiger partial charge in [-0.2, -0.15) is 0 Å². The Balaban J connectivity index is 2.60. The van der Waals surface area contributed by atoms with E-state index < -0.39 is 17.8 Å². The average molecular weight is 235 g/mol. The smallest absolute Gasteiger partial charge is 0.315 e. The fraction of sp³-hybridized carbons (Fsp3) is 0.909. The van der Waals surface area contributed by atoms with Crippen LogP contribution in [0, 0.1) is 11.3 Å². The molecule has 1 saturated heterocycles. The minimum atomic E-state index is -2.77. The van der Waals surface area contributed by atoms with Crippen LogP contribution in [0.1, 0.15) is 26.7 Å². The number of nitrogens with zero attached hydrogens (tertiary/aromatic N) is 1. The van der Waals surface area contributed by atoms with Crippen LogP contribution < -0.4 is 0 Å². The molecule has 0 atom stereocenters. The number of halogens is 2. The van der Waals surface area contributed by atoms with Gasteiger partial charge in [0.15, 0.2) is 0 Å². The lowest BCUT2D eigenvalue weighted by Gasteiger charge is -2.38. The summed E-state index contributed by atoms with van der Waals surface area (Å²) in [6, 6.07) is 0. The Kier molecular flexibility index (Phi) is 4.24. The van der Waals surface area contributed by atoms with Crippen molar-refractivity contribution in [2.45, 2.75) is 33.1 Å². The molecule has 0 aliphatic carbocycles. The number of piperidine rings is 1. The number of carboxylic acid groups (broad SMARTS) is 1. The summed E-state index contributed by atoms with van der Waals surface area (Å²) in [5, 5.41) is 8.93. The molecular formula is C11H19F2NO2. The molecule has 0 spiro atoms. The maximum atomic E-state index is 12.8. The van der Waals surface area contributed by atoms with E-state index in [9.17, 15) is 13.6 Å². The van der Waals surface area contributed by atoms with Crippen LogP contribution >= 0.6 is 0 Å². The molecule has 1 N–H and O–H groups in total. The summed E-state index contributed by atoms with van der Waals surface area (Å²) in [7, 11) is 0. The van der Waals surface area contributed by atoms with Crippen LogP contribution in [0.2, 0.25) is 0 Å². The topological polar surface area (TPSA) is 40.5 Å². The lowest BCUT2D eigenvalue weighted by Crippen LogP contribution is -2.49. The van der Waals surface area contributed by atoms with E-state index in [4.69, 9.17) is 5.11 Å². The molecule has 1 fully saturated rings. The highest BCUT2D eigenvalue weighted by Gasteiger charge is 2.49. The third-order valence-corrected chi connectivity index (χ3v) is 3.22. The van der Waals surface area contributed by atoms with E-state index in [1.807, 2.05) is 0 Å². The van der Waals surface area contributed by atoms with Crippen molar-refractivity contribution >= 4 is 5.97 Å². The molecule has 0 saturated carbocycles. The number of aliphatic carboxylic acids is 1. The van der Waals surface area contributed by atoms with Crippen molar-refractivity contribution in [3.8, 4) is 0 Å². The molecule has 5 heteroatoms. The highest BCUT2D eigenvalue weighted by Crippen LogP contribution is 2.38. The van der Waals surface area contributed by atoms with Gasteiger partial charge in [-0.15, -0.1) is 0 Å². The third kappa shape index (κ3) is 2.70. The minimum absolute atomic E-state index is 0.0483. The van der Waals surface area contributed by atoms with Crippen molar-refractivity contribution in [3.05, 3.63) is 0 Å². The molecule has 16 heavy (non-hydrogen) atoms. The molecule has 0 aromatic heterocycles. The van der Waals surface area contributed by atoms with Gasteiger partial charge in [-0.25, -0.2) is 8.78 Å². The minimum Gasteiger partial charge on any atom is -0.481 e. The van der Waals surface area contributed by atoms with E-state index in [2.05, 4.69) is 18.7 Å². The molecule has 0 radical (unpaired) electrons. The van der Waals surface area contributed by atoms with Gasteiger partial charge in [0.2, 0.25) is 0 Å². The first-order valence-corrected chi connectivity index (χ1v) is 5.62. The number of rotatable bonds is 4. The van der Waals surface area contributed by atoms with Crippen LogP contribution in [0.15, 0.2) is 0 Å². The summed E-state index contributed by atoms with van der Waals surface area (Å²) < 4.78 is 25.6. The summed E-state index contributed by atoms with van der Waals surface area (Å²) in [6.07, 6.45) is -2.68. The molecule has 1 aliphatic heterocycles. The third-order valence-electron chi connectivity index (χ3n) is 3.22. The van der Waals surface area contributed by atoms with Gasteiger partial charge in [0.05, 0.1) is 0 Å². The number of carboxylic acids is 1. The number of likely N-dealkylation sites (tertiary alicyclic amines) is 1. The SMILES string of the molecule is CC(C)CN1CCC(C(=O)O)(C(F)F)CC1. The summed E-state index contributed by atoms with van der Waals surface area (Å²) in [5.74, 6) is -0.879. The lowest BCUT2D eigenvalue weighted by molar-refractivity contribution is -0.165. The Labute approximate surface area is 94.4 Å². The molecular weight excluding hydrogens is 216 g/mol. The zero-order valence-corrected chi connectivity index (χ0v) is 9.75. The Hall–Kier alpha value is -0.710. The molecule has 0 aromatic rings. The fourth-order valence-corrected chi connectivity index (χ4v) is 2.18. The zero-order chi connectivity index (χ0) is 12.3. The van der Waals surface area contributed by atoms with Crippen molar-refractivity contribution in [2.24, 2.45) is 11.3 Å². The fourth-order valence-electron chi connectivity index (χ4n) is 2.18. The highest BCUT2D eigenvalue weighted by atomic mass is 19.3. The standard InChI is InChI=1S/C11H19F2NO2/c1-8(2)7-14-5-3-11(4-6-14,9(12)13)10(15)16/h8-9H,3-7H2,1-2H3,(H,15,16). The molecule has 3 nitrogen and oxygen atoms in total. The van der Waals surface area contributed by atoms with Crippen molar-refractivity contribution in [2.75, 3.05) is 19.6 Å². The number of hydrogen-bond donors (Lipinski definition) is 1. The second kappa shape index (κ2) is 5.08. The highest BCUT2D eigenvalue weighted by molar-refractivity contribution is 5.75. The summed E-state index contributed by atoms with van der Waals surface area (Å²) in [6.45, 7) is 5.88. The second-order valence-corrected chi connectivity index (χ2v) is 4.96. The van der Waals surface area contributed by atoms with Gasteiger partial charge in [0.1, 0.15) is 5.41 Å². The van der Waals surface area contributed by atoms with Crippen molar-refractivity contribution in [3.63, 3.8) is 0 Å². The number of carbonyl (C=O) groups is 1. The van der Waals surface area contributed by atoms with Gasteiger partial charge in [0.25, 0.3) is 6.43 Å². The maximum absolute atomic E-state index is 12.8. The van der Waals surface area contributed by atoms with Gasteiger partial charge in [-0.1, -0.05) is 13.8 Å². The Morgan fingerprint density at radius 1 is 1.38 bits per heavy atom. The summed E-state index contributed by atoms with van der Waals surface area (Å²) in [4.78, 5) is 13.0.